The maximum Gasteiger partial charge on any atom is 1.00 e. The smallest absolute Gasteiger partial charge is 0.708 e. The van der Waals surface area contributed by atoms with Gasteiger partial charge in [0.1, 0.15) is 0 Å². The Labute approximate surface area is 104 Å². The second kappa shape index (κ2) is 6.77. The zero-order valence-electron chi connectivity index (χ0n) is 6.13. The molecule has 0 spiro atoms. The number of rotatable bonds is 3. The minimum absolute atomic E-state index is 0. The molecule has 0 unspecified atom stereocenters. The Kier molecular flexibility index (Phi) is 10.3. The maximum absolute atomic E-state index is 4.78. The van der Waals surface area contributed by atoms with Crippen molar-refractivity contribution in [3.63, 3.8) is 0 Å². The van der Waals surface area contributed by atoms with Gasteiger partial charge < -0.3 is 25.4 Å². The molecule has 0 radical (unpaired) electrons. The van der Waals surface area contributed by atoms with Gasteiger partial charge in [0.05, 0.1) is 0 Å². The Morgan fingerprint density at radius 2 is 1.22 bits per heavy atom. The minimum Gasteiger partial charge on any atom is -0.708 e. The van der Waals surface area contributed by atoms with Crippen molar-refractivity contribution < 1.29 is 64.7 Å². The summed E-state index contributed by atoms with van der Waals surface area (Å²) in [6.45, 7) is 0. The number of hydrogen-bond acceptors (Lipinski definition) is 4. The first-order valence-electron chi connectivity index (χ1n) is 2.04. The van der Waals surface area contributed by atoms with Crippen LogP contribution in [0.5, 0.6) is 0 Å². The van der Waals surface area contributed by atoms with E-state index < -0.39 is 7.95 Å². The van der Waals surface area contributed by atoms with Gasteiger partial charge >= 0.3 is 59.3 Å². The van der Waals surface area contributed by atoms with E-state index in [2.05, 4.69) is 0 Å². The summed E-state index contributed by atoms with van der Waals surface area (Å²) >= 11 is 4.78. The van der Waals surface area contributed by atoms with Crippen molar-refractivity contribution in [1.29, 1.82) is 0 Å². The Morgan fingerprint density at radius 1 is 1.00 bits per heavy atom. The van der Waals surface area contributed by atoms with Gasteiger partial charge in [0.15, 0.2) is 0 Å². The molecule has 0 aliphatic rings. The van der Waals surface area contributed by atoms with Gasteiger partial charge in [-0.1, -0.05) is 0 Å². The topological polar surface area (TPSA) is 27.7 Å². The molecule has 50 valence electrons. The van der Waals surface area contributed by atoms with E-state index in [0.717, 1.165) is 0 Å². The molecule has 0 rings (SSSR count). The van der Waals surface area contributed by atoms with E-state index in [0.29, 0.717) is 0 Å². The average molecular weight is 192 g/mol. The monoisotopic (exact) mass is 192 g/mol. The van der Waals surface area contributed by atoms with Crippen LogP contribution < -0.4 is 51.4 Å². The molecule has 0 aliphatic heterocycles. The van der Waals surface area contributed by atoms with Crippen molar-refractivity contribution in [3.05, 3.63) is 0 Å². The molecule has 0 aromatic carbocycles. The van der Waals surface area contributed by atoms with E-state index in [1.807, 2.05) is 0 Å². The maximum atomic E-state index is 4.78. The summed E-state index contributed by atoms with van der Waals surface area (Å²) in [7, 11) is 1.85. The van der Waals surface area contributed by atoms with Crippen molar-refractivity contribution in [1.82, 2.24) is 0 Å². The Balaban J connectivity index is 0. The molecule has 0 heterocycles. The van der Waals surface area contributed by atoms with Crippen molar-refractivity contribution in [2.75, 3.05) is 21.3 Å². The molecular formula is C3H9KO3SSi. The molecule has 0 amide bonds. The summed E-state index contributed by atoms with van der Waals surface area (Å²) in [6.07, 6.45) is 0. The molecule has 6 heteroatoms. The average Bonchev–Trinajstić information content (AvgIpc) is 1.87. The van der Waals surface area contributed by atoms with Gasteiger partial charge in [0.25, 0.3) is 0 Å². The van der Waals surface area contributed by atoms with Gasteiger partial charge in [-0.05, 0) is 0 Å². The Bertz CT molecular complexity index is 61.8. The normalized spacial score (nSPS) is 10.7. The zero-order valence-corrected chi connectivity index (χ0v) is 11.1. The van der Waals surface area contributed by atoms with Gasteiger partial charge in [-0.3, -0.25) is 0 Å². The molecule has 0 aliphatic carbocycles. The SMILES string of the molecule is CO[Si]([S-])(OC)OC.[K+]. The van der Waals surface area contributed by atoms with Gasteiger partial charge in [-0.25, -0.2) is 0 Å². The fourth-order valence-electron chi connectivity index (χ4n) is 0.250. The largest absolute Gasteiger partial charge is 1.00 e. The van der Waals surface area contributed by atoms with E-state index in [-0.39, 0.29) is 51.4 Å². The molecule has 0 aromatic heterocycles. The molecule has 0 N–H and O–H groups in total. The van der Waals surface area contributed by atoms with Crippen LogP contribution in [-0.2, 0) is 25.4 Å². The van der Waals surface area contributed by atoms with Crippen LogP contribution >= 0.6 is 0 Å². The molecule has 3 nitrogen and oxygen atoms in total. The first-order chi connectivity index (χ1) is 3.68. The molecule has 0 atom stereocenters. The second-order valence-corrected chi connectivity index (χ2v) is 4.84. The predicted octanol–water partition coefficient (Wildman–Crippen LogP) is -3.09. The van der Waals surface area contributed by atoms with Gasteiger partial charge in [-0.15, -0.1) is 0 Å². The summed E-state index contributed by atoms with van der Waals surface area (Å²) in [6, 6.07) is 0. The molecule has 0 fully saturated rings. The van der Waals surface area contributed by atoms with Crippen molar-refractivity contribution >= 4 is 20.0 Å². The van der Waals surface area contributed by atoms with E-state index in [4.69, 9.17) is 25.4 Å². The van der Waals surface area contributed by atoms with Crippen LogP contribution in [0.4, 0.5) is 0 Å². The first kappa shape index (κ1) is 13.7. The molecule has 0 saturated carbocycles. The molecule has 0 saturated heterocycles. The fraction of sp³-hybridized carbons (Fsp3) is 1.00. The van der Waals surface area contributed by atoms with E-state index >= 15 is 0 Å². The number of hydrogen-bond donors (Lipinski definition) is 0. The second-order valence-electron chi connectivity index (χ2n) is 1.11. The zero-order chi connectivity index (χ0) is 6.62. The molecular weight excluding hydrogens is 183 g/mol. The van der Waals surface area contributed by atoms with Crippen LogP contribution in [-0.4, -0.2) is 29.3 Å². The summed E-state index contributed by atoms with van der Waals surface area (Å²) in [5.74, 6) is 0. The van der Waals surface area contributed by atoms with Crippen LogP contribution in [0.1, 0.15) is 0 Å². The van der Waals surface area contributed by atoms with Crippen LogP contribution in [0.25, 0.3) is 0 Å². The first-order valence-corrected chi connectivity index (χ1v) is 4.90. The van der Waals surface area contributed by atoms with Crippen LogP contribution in [0, 0.1) is 0 Å². The molecule has 9 heavy (non-hydrogen) atoms. The van der Waals surface area contributed by atoms with Gasteiger partial charge in [-0.2, -0.15) is 0 Å². The van der Waals surface area contributed by atoms with Gasteiger partial charge in [0, 0.05) is 21.3 Å². The summed E-state index contributed by atoms with van der Waals surface area (Å²) in [5, 5.41) is 0. The van der Waals surface area contributed by atoms with Crippen molar-refractivity contribution in [3.8, 4) is 0 Å². The Morgan fingerprint density at radius 3 is 1.22 bits per heavy atom. The summed E-state index contributed by atoms with van der Waals surface area (Å²) < 4.78 is 14.2. The van der Waals surface area contributed by atoms with E-state index in [1.54, 1.807) is 0 Å². The van der Waals surface area contributed by atoms with E-state index in [1.165, 1.54) is 21.3 Å². The summed E-state index contributed by atoms with van der Waals surface area (Å²) in [4.78, 5) is 0. The van der Waals surface area contributed by atoms with Crippen molar-refractivity contribution in [2.45, 2.75) is 0 Å². The third-order valence-electron chi connectivity index (χ3n) is 0.750. The third kappa shape index (κ3) is 5.36. The predicted molar refractivity (Wildman–Crippen MR) is 34.1 cm³/mol. The van der Waals surface area contributed by atoms with Gasteiger partial charge in [0.2, 0.25) is 0 Å². The molecule has 0 bridgehead atoms. The van der Waals surface area contributed by atoms with Crippen LogP contribution in [0.15, 0.2) is 0 Å². The van der Waals surface area contributed by atoms with E-state index in [9.17, 15) is 0 Å². The van der Waals surface area contributed by atoms with Crippen LogP contribution in [0.3, 0.4) is 0 Å². The summed E-state index contributed by atoms with van der Waals surface area (Å²) in [5.41, 5.74) is 0. The Hall–Kier alpha value is 2.08. The van der Waals surface area contributed by atoms with Crippen LogP contribution in [0.2, 0.25) is 0 Å². The third-order valence-corrected chi connectivity index (χ3v) is 3.75. The molecule has 0 aromatic rings. The fourth-order valence-corrected chi connectivity index (χ4v) is 0.750. The van der Waals surface area contributed by atoms with Crippen molar-refractivity contribution in [2.24, 2.45) is 0 Å². The quantitative estimate of drug-likeness (QED) is 0.350. The standard InChI is InChI=1S/C3H9O3SSi.K/c1-4-8(7,5-2)6-3;/h1-3H3;/q-1;+1. The minimum atomic E-state index is -2.59.